The second-order valence-electron chi connectivity index (χ2n) is 3.31. The van der Waals surface area contributed by atoms with Gasteiger partial charge in [-0.3, -0.25) is 4.40 Å². The molecular weight excluding hydrogens is 291 g/mol. The van der Waals surface area contributed by atoms with E-state index in [1.165, 1.54) is 12.1 Å². The molecule has 0 unspecified atom stereocenters. The molecule has 3 aromatic rings. The van der Waals surface area contributed by atoms with E-state index < -0.39 is 0 Å². The molecule has 0 saturated heterocycles. The minimum atomic E-state index is -0.235. The smallest absolute Gasteiger partial charge is 0.195 e. The molecule has 0 amide bonds. The molecule has 0 atom stereocenters. The lowest BCUT2D eigenvalue weighted by Gasteiger charge is -1.97. The first kappa shape index (κ1) is 9.99. The number of halogens is 2. The zero-order valence-electron chi connectivity index (χ0n) is 8.02. The monoisotopic (exact) mass is 296 g/mol. The highest BCUT2D eigenvalue weighted by atomic mass is 79.9. The van der Waals surface area contributed by atoms with Crippen LogP contribution in [0.5, 0.6) is 0 Å². The van der Waals surface area contributed by atoms with Crippen molar-refractivity contribution in [3.05, 3.63) is 46.3 Å². The highest BCUT2D eigenvalue weighted by Gasteiger charge is 2.12. The third kappa shape index (κ3) is 1.47. The molecular formula is C11H6BrFN2S. The fourth-order valence-corrected chi connectivity index (χ4v) is 2.98. The van der Waals surface area contributed by atoms with Gasteiger partial charge in [-0.2, -0.15) is 0 Å². The Balaban J connectivity index is 2.21. The van der Waals surface area contributed by atoms with Crippen LogP contribution in [0, 0.1) is 5.82 Å². The average Bonchev–Trinajstić information content (AvgIpc) is 2.84. The molecule has 0 aliphatic rings. The number of fused-ring (bicyclic) bond motifs is 1. The fraction of sp³-hybridized carbons (Fsp3) is 0. The van der Waals surface area contributed by atoms with Gasteiger partial charge in [-0.05, 0) is 40.2 Å². The Morgan fingerprint density at radius 1 is 1.25 bits per heavy atom. The summed E-state index contributed by atoms with van der Waals surface area (Å²) in [4.78, 5) is 5.41. The van der Waals surface area contributed by atoms with Gasteiger partial charge in [-0.15, -0.1) is 11.3 Å². The molecule has 5 heteroatoms. The van der Waals surface area contributed by atoms with Crippen LogP contribution in [0.1, 0.15) is 0 Å². The number of thiazole rings is 1. The molecule has 0 saturated carbocycles. The van der Waals surface area contributed by atoms with Crippen LogP contribution in [0.2, 0.25) is 0 Å². The van der Waals surface area contributed by atoms with Crippen molar-refractivity contribution in [3.63, 3.8) is 0 Å². The van der Waals surface area contributed by atoms with Crippen molar-refractivity contribution in [1.29, 1.82) is 0 Å². The van der Waals surface area contributed by atoms with E-state index in [0.29, 0.717) is 0 Å². The summed E-state index contributed by atoms with van der Waals surface area (Å²) in [6.45, 7) is 0. The molecule has 3 rings (SSSR count). The van der Waals surface area contributed by atoms with Gasteiger partial charge in [0.15, 0.2) is 4.96 Å². The van der Waals surface area contributed by atoms with Gasteiger partial charge >= 0.3 is 0 Å². The summed E-state index contributed by atoms with van der Waals surface area (Å²) in [5, 5.41) is 1.97. The minimum absolute atomic E-state index is 0.235. The number of rotatable bonds is 1. The summed E-state index contributed by atoms with van der Waals surface area (Å²) in [6, 6.07) is 6.34. The zero-order chi connectivity index (χ0) is 11.1. The Kier molecular flexibility index (Phi) is 2.29. The third-order valence-corrected chi connectivity index (χ3v) is 3.84. The van der Waals surface area contributed by atoms with E-state index in [2.05, 4.69) is 20.9 Å². The van der Waals surface area contributed by atoms with E-state index in [9.17, 15) is 4.39 Å². The van der Waals surface area contributed by atoms with E-state index >= 15 is 0 Å². The van der Waals surface area contributed by atoms with Crippen molar-refractivity contribution in [1.82, 2.24) is 9.38 Å². The van der Waals surface area contributed by atoms with Crippen LogP contribution < -0.4 is 0 Å². The normalized spacial score (nSPS) is 11.1. The molecule has 0 aliphatic heterocycles. The van der Waals surface area contributed by atoms with Crippen LogP contribution in [0.25, 0.3) is 16.2 Å². The first-order chi connectivity index (χ1) is 7.75. The second-order valence-corrected chi connectivity index (χ2v) is 4.94. The van der Waals surface area contributed by atoms with Gasteiger partial charge in [-0.25, -0.2) is 9.37 Å². The van der Waals surface area contributed by atoms with E-state index in [4.69, 9.17) is 0 Å². The summed E-state index contributed by atoms with van der Waals surface area (Å²) in [5.74, 6) is -0.235. The molecule has 80 valence electrons. The maximum atomic E-state index is 12.8. The van der Waals surface area contributed by atoms with Gasteiger partial charge in [0.1, 0.15) is 16.1 Å². The van der Waals surface area contributed by atoms with E-state index in [0.717, 1.165) is 20.8 Å². The number of nitrogens with zero attached hydrogens (tertiary/aromatic N) is 2. The van der Waals surface area contributed by atoms with Gasteiger partial charge in [0.05, 0.1) is 0 Å². The number of benzene rings is 1. The topological polar surface area (TPSA) is 17.3 Å². The summed E-state index contributed by atoms with van der Waals surface area (Å²) in [5.41, 5.74) is 1.75. The third-order valence-electron chi connectivity index (χ3n) is 2.32. The number of hydrogen-bond donors (Lipinski definition) is 0. The number of imidazole rings is 1. The minimum Gasteiger partial charge on any atom is -0.284 e. The van der Waals surface area contributed by atoms with Crippen molar-refractivity contribution < 1.29 is 4.39 Å². The van der Waals surface area contributed by atoms with Gasteiger partial charge < -0.3 is 0 Å². The molecule has 0 spiro atoms. The SMILES string of the molecule is Fc1ccc(-c2nc3sccn3c2Br)cc1. The lowest BCUT2D eigenvalue weighted by Crippen LogP contribution is -1.81. The molecule has 2 nitrogen and oxygen atoms in total. The standard InChI is InChI=1S/C11H6BrFN2S/c12-10-9(7-1-3-8(13)4-2-7)14-11-15(10)5-6-16-11/h1-6H. The molecule has 0 radical (unpaired) electrons. The quantitative estimate of drug-likeness (QED) is 0.664. The summed E-state index contributed by atoms with van der Waals surface area (Å²) in [7, 11) is 0. The van der Waals surface area contributed by atoms with Crippen molar-refractivity contribution in [3.8, 4) is 11.3 Å². The number of aromatic nitrogens is 2. The Hall–Kier alpha value is -1.20. The average molecular weight is 297 g/mol. The molecule has 16 heavy (non-hydrogen) atoms. The molecule has 0 bridgehead atoms. The van der Waals surface area contributed by atoms with Gasteiger partial charge in [0.25, 0.3) is 0 Å². The first-order valence-electron chi connectivity index (χ1n) is 4.63. The van der Waals surface area contributed by atoms with Gasteiger partial charge in [0.2, 0.25) is 0 Å². The Bertz CT molecular complexity index is 642. The zero-order valence-corrected chi connectivity index (χ0v) is 10.4. The van der Waals surface area contributed by atoms with Crippen molar-refractivity contribution >= 4 is 32.2 Å². The molecule has 0 N–H and O–H groups in total. The predicted molar refractivity (Wildman–Crippen MR) is 66.2 cm³/mol. The maximum absolute atomic E-state index is 12.8. The van der Waals surface area contributed by atoms with E-state index in [1.807, 2.05) is 16.0 Å². The van der Waals surface area contributed by atoms with Gasteiger partial charge in [0, 0.05) is 17.1 Å². The van der Waals surface area contributed by atoms with Crippen LogP contribution in [0.4, 0.5) is 4.39 Å². The Labute approximate surface area is 103 Å². The van der Waals surface area contributed by atoms with Crippen LogP contribution in [-0.2, 0) is 0 Å². The van der Waals surface area contributed by atoms with Crippen LogP contribution in [-0.4, -0.2) is 9.38 Å². The summed E-state index contributed by atoms with van der Waals surface area (Å²) >= 11 is 5.07. The molecule has 0 aliphatic carbocycles. The Morgan fingerprint density at radius 3 is 2.69 bits per heavy atom. The lowest BCUT2D eigenvalue weighted by atomic mass is 10.2. The second kappa shape index (κ2) is 3.68. The van der Waals surface area contributed by atoms with Gasteiger partial charge in [-0.1, -0.05) is 0 Å². The first-order valence-corrected chi connectivity index (χ1v) is 6.30. The van der Waals surface area contributed by atoms with Crippen molar-refractivity contribution in [2.45, 2.75) is 0 Å². The van der Waals surface area contributed by atoms with E-state index in [-0.39, 0.29) is 5.82 Å². The molecule has 2 aromatic heterocycles. The van der Waals surface area contributed by atoms with Crippen LogP contribution in [0.15, 0.2) is 40.4 Å². The summed E-state index contributed by atoms with van der Waals surface area (Å²) in [6.07, 6.45) is 1.95. The Morgan fingerprint density at radius 2 is 2.00 bits per heavy atom. The summed E-state index contributed by atoms with van der Waals surface area (Å²) < 4.78 is 15.7. The molecule has 1 aromatic carbocycles. The predicted octanol–water partition coefficient (Wildman–Crippen LogP) is 3.96. The van der Waals surface area contributed by atoms with Crippen LogP contribution >= 0.6 is 27.3 Å². The van der Waals surface area contributed by atoms with Crippen molar-refractivity contribution in [2.24, 2.45) is 0 Å². The highest BCUT2D eigenvalue weighted by Crippen LogP contribution is 2.30. The highest BCUT2D eigenvalue weighted by molar-refractivity contribution is 9.10. The fourth-order valence-electron chi connectivity index (χ4n) is 1.55. The maximum Gasteiger partial charge on any atom is 0.195 e. The molecule has 0 fully saturated rings. The lowest BCUT2D eigenvalue weighted by molar-refractivity contribution is 0.628. The van der Waals surface area contributed by atoms with Crippen LogP contribution in [0.3, 0.4) is 0 Å². The largest absolute Gasteiger partial charge is 0.284 e. The van der Waals surface area contributed by atoms with E-state index in [1.54, 1.807) is 23.5 Å². The van der Waals surface area contributed by atoms with Crippen molar-refractivity contribution in [2.75, 3.05) is 0 Å². The number of hydrogen-bond acceptors (Lipinski definition) is 2. The molecule has 2 heterocycles.